The SMILES string of the molecule is C1=CC(C2=CSc3ccccc3C2)Sc2ccccc21. The van der Waals surface area contributed by atoms with E-state index in [4.69, 9.17) is 0 Å². The third kappa shape index (κ3) is 2.23. The Morgan fingerprint density at radius 2 is 1.70 bits per heavy atom. The van der Waals surface area contributed by atoms with E-state index in [1.807, 2.05) is 23.5 Å². The highest BCUT2D eigenvalue weighted by atomic mass is 32.2. The highest BCUT2D eigenvalue weighted by Gasteiger charge is 2.21. The van der Waals surface area contributed by atoms with Gasteiger partial charge in [-0.15, -0.1) is 11.8 Å². The van der Waals surface area contributed by atoms with E-state index in [2.05, 4.69) is 66.1 Å². The van der Waals surface area contributed by atoms with Gasteiger partial charge >= 0.3 is 0 Å². The molecule has 98 valence electrons. The van der Waals surface area contributed by atoms with Gasteiger partial charge in [0.25, 0.3) is 0 Å². The Labute approximate surface area is 128 Å². The van der Waals surface area contributed by atoms with Crippen LogP contribution in [-0.4, -0.2) is 5.25 Å². The van der Waals surface area contributed by atoms with Crippen LogP contribution < -0.4 is 0 Å². The molecule has 1 atom stereocenters. The van der Waals surface area contributed by atoms with E-state index in [-0.39, 0.29) is 0 Å². The summed E-state index contributed by atoms with van der Waals surface area (Å²) in [6.07, 6.45) is 5.68. The van der Waals surface area contributed by atoms with Crippen molar-refractivity contribution in [3.05, 3.63) is 76.7 Å². The third-order valence-electron chi connectivity index (χ3n) is 3.69. The molecule has 0 N–H and O–H groups in total. The molecule has 2 aliphatic rings. The van der Waals surface area contributed by atoms with Crippen LogP contribution in [0.4, 0.5) is 0 Å². The van der Waals surface area contributed by atoms with E-state index < -0.39 is 0 Å². The van der Waals surface area contributed by atoms with E-state index in [0.29, 0.717) is 5.25 Å². The van der Waals surface area contributed by atoms with Crippen LogP contribution >= 0.6 is 23.5 Å². The summed E-state index contributed by atoms with van der Waals surface area (Å²) in [6, 6.07) is 17.4. The lowest BCUT2D eigenvalue weighted by atomic mass is 10.0. The summed E-state index contributed by atoms with van der Waals surface area (Å²) in [4.78, 5) is 2.80. The zero-order valence-electron chi connectivity index (χ0n) is 11.0. The van der Waals surface area contributed by atoms with E-state index in [9.17, 15) is 0 Å². The van der Waals surface area contributed by atoms with Gasteiger partial charge in [0.1, 0.15) is 0 Å². The smallest absolute Gasteiger partial charge is 0.0499 e. The molecule has 2 heteroatoms. The molecule has 0 nitrogen and oxygen atoms in total. The van der Waals surface area contributed by atoms with Crippen molar-refractivity contribution in [2.45, 2.75) is 21.5 Å². The molecule has 2 aromatic carbocycles. The number of hydrogen-bond donors (Lipinski definition) is 0. The largest absolute Gasteiger partial charge is 0.113 e. The summed E-state index contributed by atoms with van der Waals surface area (Å²) < 4.78 is 0. The fraction of sp³-hybridized carbons (Fsp3) is 0.111. The van der Waals surface area contributed by atoms with Crippen molar-refractivity contribution in [3.63, 3.8) is 0 Å². The predicted octanol–water partition coefficient (Wildman–Crippen LogP) is 5.41. The van der Waals surface area contributed by atoms with Crippen LogP contribution in [0.1, 0.15) is 11.1 Å². The normalized spacial score (nSPS) is 20.0. The van der Waals surface area contributed by atoms with Gasteiger partial charge in [0.05, 0.1) is 0 Å². The molecule has 2 aliphatic heterocycles. The first kappa shape index (κ1) is 12.4. The molecule has 0 bridgehead atoms. The second-order valence-corrected chi connectivity index (χ2v) is 7.13. The molecule has 1 unspecified atom stereocenters. The third-order valence-corrected chi connectivity index (χ3v) is 6.11. The zero-order valence-corrected chi connectivity index (χ0v) is 12.6. The Morgan fingerprint density at radius 1 is 0.900 bits per heavy atom. The van der Waals surface area contributed by atoms with Gasteiger partial charge in [0, 0.05) is 15.0 Å². The number of hydrogen-bond acceptors (Lipinski definition) is 2. The summed E-state index contributed by atoms with van der Waals surface area (Å²) in [5.41, 5.74) is 4.32. The molecule has 20 heavy (non-hydrogen) atoms. The lowest BCUT2D eigenvalue weighted by Gasteiger charge is -2.24. The standard InChI is InChI=1S/C18H14S2/c1-4-8-17-13(5-1)9-10-18(20-17)15-11-14-6-2-3-7-16(14)19-12-15/h1-10,12,18H,11H2. The van der Waals surface area contributed by atoms with Gasteiger partial charge in [0.2, 0.25) is 0 Å². The Morgan fingerprint density at radius 3 is 2.65 bits per heavy atom. The first-order valence-electron chi connectivity index (χ1n) is 6.77. The minimum atomic E-state index is 0.478. The summed E-state index contributed by atoms with van der Waals surface area (Å²) in [5.74, 6) is 0. The van der Waals surface area contributed by atoms with Crippen molar-refractivity contribution >= 4 is 29.6 Å². The van der Waals surface area contributed by atoms with Crippen molar-refractivity contribution in [3.8, 4) is 0 Å². The number of fused-ring (bicyclic) bond motifs is 2. The van der Waals surface area contributed by atoms with Gasteiger partial charge in [-0.3, -0.25) is 0 Å². The minimum absolute atomic E-state index is 0.478. The summed E-state index contributed by atoms with van der Waals surface area (Å²) in [7, 11) is 0. The lowest BCUT2D eigenvalue weighted by Crippen LogP contribution is -2.11. The number of thioether (sulfide) groups is 2. The molecule has 0 saturated heterocycles. The van der Waals surface area contributed by atoms with Crippen LogP contribution in [0.25, 0.3) is 6.08 Å². The highest BCUT2D eigenvalue weighted by Crippen LogP contribution is 2.41. The van der Waals surface area contributed by atoms with Crippen LogP contribution in [0.15, 0.2) is 75.4 Å². The molecule has 0 saturated carbocycles. The molecule has 0 fully saturated rings. The minimum Gasteiger partial charge on any atom is -0.113 e. The fourth-order valence-corrected chi connectivity index (χ4v) is 4.83. The van der Waals surface area contributed by atoms with Crippen LogP contribution in [0.2, 0.25) is 0 Å². The first-order valence-corrected chi connectivity index (χ1v) is 8.53. The van der Waals surface area contributed by atoms with Gasteiger partial charge in [-0.05, 0) is 40.7 Å². The van der Waals surface area contributed by atoms with Crippen LogP contribution in [0.3, 0.4) is 0 Å². The lowest BCUT2D eigenvalue weighted by molar-refractivity contribution is 1.04. The maximum absolute atomic E-state index is 2.35. The fourth-order valence-electron chi connectivity index (χ4n) is 2.63. The Hall–Kier alpha value is -1.38. The van der Waals surface area contributed by atoms with Crippen LogP contribution in [0.5, 0.6) is 0 Å². The number of benzene rings is 2. The zero-order chi connectivity index (χ0) is 13.4. The molecular weight excluding hydrogens is 280 g/mol. The van der Waals surface area contributed by atoms with Crippen LogP contribution in [-0.2, 0) is 6.42 Å². The average Bonchev–Trinajstić information content (AvgIpc) is 2.54. The molecule has 0 aromatic heterocycles. The van der Waals surface area contributed by atoms with E-state index in [0.717, 1.165) is 6.42 Å². The molecule has 0 spiro atoms. The van der Waals surface area contributed by atoms with Gasteiger partial charge in [-0.2, -0.15) is 0 Å². The predicted molar refractivity (Wildman–Crippen MR) is 89.2 cm³/mol. The molecule has 2 aromatic rings. The van der Waals surface area contributed by atoms with E-state index >= 15 is 0 Å². The number of rotatable bonds is 1. The van der Waals surface area contributed by atoms with Gasteiger partial charge in [0.15, 0.2) is 0 Å². The van der Waals surface area contributed by atoms with E-state index in [1.165, 1.54) is 26.5 Å². The average molecular weight is 294 g/mol. The molecule has 0 radical (unpaired) electrons. The van der Waals surface area contributed by atoms with Crippen LogP contribution in [0, 0.1) is 0 Å². The molecule has 0 aliphatic carbocycles. The second kappa shape index (κ2) is 5.19. The van der Waals surface area contributed by atoms with Crippen molar-refractivity contribution in [1.82, 2.24) is 0 Å². The highest BCUT2D eigenvalue weighted by molar-refractivity contribution is 8.02. The monoisotopic (exact) mass is 294 g/mol. The molecule has 0 amide bonds. The topological polar surface area (TPSA) is 0 Å². The van der Waals surface area contributed by atoms with Crippen molar-refractivity contribution in [2.75, 3.05) is 0 Å². The maximum atomic E-state index is 2.35. The van der Waals surface area contributed by atoms with Gasteiger partial charge in [-0.25, -0.2) is 0 Å². The summed E-state index contributed by atoms with van der Waals surface area (Å²) >= 11 is 3.83. The summed E-state index contributed by atoms with van der Waals surface area (Å²) in [6.45, 7) is 0. The van der Waals surface area contributed by atoms with Crippen molar-refractivity contribution in [1.29, 1.82) is 0 Å². The Kier molecular flexibility index (Phi) is 3.21. The molecule has 2 heterocycles. The molecule has 4 rings (SSSR count). The maximum Gasteiger partial charge on any atom is 0.0499 e. The van der Waals surface area contributed by atoms with E-state index in [1.54, 1.807) is 0 Å². The van der Waals surface area contributed by atoms with Crippen molar-refractivity contribution in [2.24, 2.45) is 0 Å². The molecular formula is C18H14S2. The van der Waals surface area contributed by atoms with Crippen molar-refractivity contribution < 1.29 is 0 Å². The Balaban J connectivity index is 1.61. The second-order valence-electron chi connectivity index (χ2n) is 5.03. The Bertz CT molecular complexity index is 713. The summed E-state index contributed by atoms with van der Waals surface area (Å²) in [5, 5.41) is 2.82. The van der Waals surface area contributed by atoms with Gasteiger partial charge in [-0.1, -0.05) is 60.3 Å². The first-order chi connectivity index (χ1) is 9.90. The van der Waals surface area contributed by atoms with Gasteiger partial charge < -0.3 is 0 Å². The quantitative estimate of drug-likeness (QED) is 0.690.